The number of carbonyl (C=O) groups is 3. The van der Waals surface area contributed by atoms with Crippen molar-refractivity contribution in [3.05, 3.63) is 71.0 Å². The summed E-state index contributed by atoms with van der Waals surface area (Å²) in [4.78, 5) is 40.9. The number of aryl methyl sites for hydroxylation is 1. The molecule has 0 radical (unpaired) electrons. The molecular formula is C26H27ClN4O4. The number of ketones is 1. The summed E-state index contributed by atoms with van der Waals surface area (Å²) in [5, 5.41) is 17.5. The highest BCUT2D eigenvalue weighted by Gasteiger charge is 2.17. The molecule has 0 unspecified atom stereocenters. The number of carboxylic acid groups (broad SMARTS) is 1. The quantitative estimate of drug-likeness (QED) is 0.211. The number of nitrogens with zero attached hydrogens (tertiary/aromatic N) is 1. The van der Waals surface area contributed by atoms with Crippen LogP contribution >= 0.6 is 11.6 Å². The second-order valence-corrected chi connectivity index (χ2v) is 8.90. The minimum atomic E-state index is -1.29. The topological polar surface area (TPSA) is 120 Å². The van der Waals surface area contributed by atoms with Crippen molar-refractivity contribution in [3.8, 4) is 11.1 Å². The Morgan fingerprint density at radius 3 is 2.37 bits per heavy atom. The van der Waals surface area contributed by atoms with Gasteiger partial charge in [-0.05, 0) is 54.3 Å². The van der Waals surface area contributed by atoms with E-state index in [9.17, 15) is 19.5 Å². The van der Waals surface area contributed by atoms with Gasteiger partial charge in [0.15, 0.2) is 5.78 Å². The number of halogens is 1. The van der Waals surface area contributed by atoms with Crippen LogP contribution in [-0.4, -0.2) is 34.4 Å². The fourth-order valence-corrected chi connectivity index (χ4v) is 3.61. The van der Waals surface area contributed by atoms with Gasteiger partial charge >= 0.3 is 6.09 Å². The summed E-state index contributed by atoms with van der Waals surface area (Å²) in [6, 6.07) is 13.7. The van der Waals surface area contributed by atoms with E-state index in [4.69, 9.17) is 11.6 Å². The molecule has 3 aromatic rings. The normalized spacial score (nSPS) is 10.7. The van der Waals surface area contributed by atoms with Crippen molar-refractivity contribution in [2.24, 2.45) is 5.92 Å². The number of amides is 2. The predicted molar refractivity (Wildman–Crippen MR) is 138 cm³/mol. The first-order valence-electron chi connectivity index (χ1n) is 11.1. The van der Waals surface area contributed by atoms with E-state index < -0.39 is 18.4 Å². The van der Waals surface area contributed by atoms with Crippen LogP contribution < -0.4 is 16.0 Å². The maximum absolute atomic E-state index is 12.8. The Hall–Kier alpha value is -3.91. The molecule has 9 heteroatoms. The number of anilines is 3. The van der Waals surface area contributed by atoms with Crippen LogP contribution in [0.4, 0.5) is 21.9 Å². The number of hydrogen-bond acceptors (Lipinski definition) is 5. The minimum absolute atomic E-state index is 0.143. The van der Waals surface area contributed by atoms with Crippen molar-refractivity contribution in [3.63, 3.8) is 0 Å². The zero-order valence-corrected chi connectivity index (χ0v) is 20.4. The molecule has 35 heavy (non-hydrogen) atoms. The second-order valence-electron chi connectivity index (χ2n) is 8.50. The Morgan fingerprint density at radius 2 is 1.69 bits per heavy atom. The number of benzene rings is 2. The summed E-state index contributed by atoms with van der Waals surface area (Å²) in [6.07, 6.45) is -0.0164. The van der Waals surface area contributed by atoms with Gasteiger partial charge < -0.3 is 15.7 Å². The number of rotatable bonds is 9. The van der Waals surface area contributed by atoms with Crippen molar-refractivity contribution in [2.75, 3.05) is 22.5 Å². The van der Waals surface area contributed by atoms with Gasteiger partial charge in [-0.15, -0.1) is 0 Å². The van der Waals surface area contributed by atoms with E-state index in [0.29, 0.717) is 28.7 Å². The van der Waals surface area contributed by atoms with E-state index in [2.05, 4.69) is 20.9 Å². The molecule has 8 nitrogen and oxygen atoms in total. The lowest BCUT2D eigenvalue weighted by atomic mass is 10.0. The third kappa shape index (κ3) is 7.28. The van der Waals surface area contributed by atoms with Gasteiger partial charge in [0, 0.05) is 24.0 Å². The Balaban J connectivity index is 1.76. The van der Waals surface area contributed by atoms with Crippen molar-refractivity contribution in [2.45, 2.75) is 27.2 Å². The summed E-state index contributed by atoms with van der Waals surface area (Å²) < 4.78 is 0. The summed E-state index contributed by atoms with van der Waals surface area (Å²) >= 11 is 6.33. The number of carbonyl (C=O) groups excluding carboxylic acids is 2. The first kappa shape index (κ1) is 25.7. The lowest BCUT2D eigenvalue weighted by Gasteiger charge is -2.16. The molecule has 1 heterocycles. The molecule has 0 saturated carbocycles. The Morgan fingerprint density at radius 1 is 0.971 bits per heavy atom. The molecule has 4 N–H and O–H groups in total. The Labute approximate surface area is 208 Å². The van der Waals surface area contributed by atoms with Gasteiger partial charge in [-0.1, -0.05) is 43.6 Å². The average Bonchev–Trinajstić information content (AvgIpc) is 2.79. The molecule has 0 aliphatic rings. The third-order valence-electron chi connectivity index (χ3n) is 5.06. The van der Waals surface area contributed by atoms with Gasteiger partial charge in [-0.25, -0.2) is 4.79 Å². The van der Waals surface area contributed by atoms with E-state index in [0.717, 1.165) is 16.8 Å². The van der Waals surface area contributed by atoms with Crippen molar-refractivity contribution in [1.82, 2.24) is 4.98 Å². The van der Waals surface area contributed by atoms with Gasteiger partial charge in [-0.2, -0.15) is 0 Å². The molecule has 0 aliphatic heterocycles. The number of nitrogens with one attached hydrogen (secondary N) is 3. The molecular weight excluding hydrogens is 468 g/mol. The highest BCUT2D eigenvalue weighted by atomic mass is 35.5. The van der Waals surface area contributed by atoms with E-state index in [-0.39, 0.29) is 17.2 Å². The van der Waals surface area contributed by atoms with E-state index in [1.807, 2.05) is 39.0 Å². The Bertz CT molecular complexity index is 1260. The van der Waals surface area contributed by atoms with Crippen molar-refractivity contribution in [1.29, 1.82) is 0 Å². The molecule has 2 aromatic carbocycles. The molecule has 0 atom stereocenters. The minimum Gasteiger partial charge on any atom is -0.465 e. The second kappa shape index (κ2) is 11.5. The van der Waals surface area contributed by atoms with Crippen molar-refractivity contribution < 1.29 is 19.5 Å². The molecule has 0 aliphatic carbocycles. The fraction of sp³-hybridized carbons (Fsp3) is 0.231. The first-order chi connectivity index (χ1) is 16.6. The van der Waals surface area contributed by atoms with Crippen LogP contribution in [0.3, 0.4) is 0 Å². The third-order valence-corrected chi connectivity index (χ3v) is 5.37. The van der Waals surface area contributed by atoms with Crippen LogP contribution in [0.2, 0.25) is 5.02 Å². The summed E-state index contributed by atoms with van der Waals surface area (Å²) in [6.45, 7) is 6.56. The summed E-state index contributed by atoms with van der Waals surface area (Å²) in [7, 11) is 0. The highest BCUT2D eigenvalue weighted by Crippen LogP contribution is 2.33. The maximum atomic E-state index is 12.8. The van der Waals surface area contributed by atoms with Gasteiger partial charge in [-0.3, -0.25) is 19.9 Å². The molecule has 0 saturated heterocycles. The lowest BCUT2D eigenvalue weighted by molar-refractivity contribution is -0.115. The van der Waals surface area contributed by atoms with Crippen molar-refractivity contribution >= 4 is 46.4 Å². The van der Waals surface area contributed by atoms with Crippen LogP contribution in [0, 0.1) is 12.8 Å². The maximum Gasteiger partial charge on any atom is 0.409 e. The molecule has 2 amide bonds. The molecule has 3 rings (SSSR count). The summed E-state index contributed by atoms with van der Waals surface area (Å²) in [5.74, 6) is -0.620. The van der Waals surface area contributed by atoms with E-state index in [1.54, 1.807) is 24.4 Å². The molecule has 0 spiro atoms. The van der Waals surface area contributed by atoms with Crippen LogP contribution in [0.5, 0.6) is 0 Å². The van der Waals surface area contributed by atoms with Gasteiger partial charge in [0.05, 0.1) is 28.5 Å². The van der Waals surface area contributed by atoms with Crippen LogP contribution in [0.15, 0.2) is 54.7 Å². The van der Waals surface area contributed by atoms with E-state index >= 15 is 0 Å². The number of aromatic nitrogens is 1. The van der Waals surface area contributed by atoms with Crippen LogP contribution in [-0.2, 0) is 4.79 Å². The zero-order valence-electron chi connectivity index (χ0n) is 19.7. The number of pyridine rings is 1. The standard InChI is InChI=1S/C26H27ClN4O4/c1-15(2)14-29-21-12-23(31-26(34)35)22(11-20(21)27)30-25(33)13-24(32)19-6-4-5-17(10-19)18-7-8-28-16(3)9-18/h4-12,15,29,31H,13-14H2,1-3H3,(H,30,33)(H,34,35). The molecule has 0 fully saturated rings. The highest BCUT2D eigenvalue weighted by molar-refractivity contribution is 6.34. The largest absolute Gasteiger partial charge is 0.465 e. The van der Waals surface area contributed by atoms with E-state index in [1.165, 1.54) is 12.1 Å². The molecule has 0 bridgehead atoms. The number of hydrogen-bond donors (Lipinski definition) is 4. The van der Waals surface area contributed by atoms with Crippen LogP contribution in [0.1, 0.15) is 36.3 Å². The van der Waals surface area contributed by atoms with Gasteiger partial charge in [0.25, 0.3) is 0 Å². The Kier molecular flexibility index (Phi) is 8.43. The lowest BCUT2D eigenvalue weighted by Crippen LogP contribution is -2.19. The van der Waals surface area contributed by atoms with Gasteiger partial charge in [0.1, 0.15) is 0 Å². The monoisotopic (exact) mass is 494 g/mol. The smallest absolute Gasteiger partial charge is 0.409 e. The number of Topliss-reactive ketones (excluding diaryl/α,β-unsaturated/α-hetero) is 1. The zero-order chi connectivity index (χ0) is 25.5. The SMILES string of the molecule is Cc1cc(-c2cccc(C(=O)CC(=O)Nc3cc(Cl)c(NCC(C)C)cc3NC(=O)O)c2)ccn1. The average molecular weight is 495 g/mol. The summed E-state index contributed by atoms with van der Waals surface area (Å²) in [5.41, 5.74) is 3.83. The first-order valence-corrected chi connectivity index (χ1v) is 11.4. The predicted octanol–water partition coefficient (Wildman–Crippen LogP) is 6.08. The molecule has 182 valence electrons. The molecule has 1 aromatic heterocycles. The van der Waals surface area contributed by atoms with Crippen LogP contribution in [0.25, 0.3) is 11.1 Å². The fourth-order valence-electron chi connectivity index (χ4n) is 3.38. The van der Waals surface area contributed by atoms with Gasteiger partial charge in [0.2, 0.25) is 5.91 Å².